The molecule has 2 aliphatic rings. The molecule has 0 saturated carbocycles. The Bertz CT molecular complexity index is 379. The van der Waals surface area contributed by atoms with Crippen LogP contribution in [0.1, 0.15) is 26.7 Å². The minimum atomic E-state index is -2.76. The van der Waals surface area contributed by atoms with Crippen LogP contribution in [-0.4, -0.2) is 81.2 Å². The van der Waals surface area contributed by atoms with Gasteiger partial charge in [0.25, 0.3) is 0 Å². The van der Waals surface area contributed by atoms with Crippen LogP contribution in [-0.2, 0) is 14.6 Å². The Hall–Kier alpha value is -0.170. The SMILES string of the molecule is CC(CCC(C)N1CCS(=O)(=O)CC1)N1CCOCC1. The number of nitrogens with zero attached hydrogens (tertiary/aromatic N) is 2. The van der Waals surface area contributed by atoms with Gasteiger partial charge >= 0.3 is 0 Å². The van der Waals surface area contributed by atoms with Gasteiger partial charge in [-0.1, -0.05) is 0 Å². The standard InChI is InChI=1S/C14H28N2O3S/c1-13(15-5-9-19-10-6-15)3-4-14(2)16-7-11-20(17,18)12-8-16/h13-14H,3-12H2,1-2H3. The summed E-state index contributed by atoms with van der Waals surface area (Å²) in [5.74, 6) is 0.659. The van der Waals surface area contributed by atoms with E-state index in [-0.39, 0.29) is 0 Å². The van der Waals surface area contributed by atoms with Crippen LogP contribution in [0, 0.1) is 0 Å². The molecular formula is C14H28N2O3S. The predicted octanol–water partition coefficient (Wildman–Crippen LogP) is 0.606. The predicted molar refractivity (Wildman–Crippen MR) is 80.8 cm³/mol. The molecule has 2 heterocycles. The molecule has 0 N–H and O–H groups in total. The van der Waals surface area contributed by atoms with E-state index in [2.05, 4.69) is 23.6 Å². The molecule has 0 aromatic heterocycles. The number of ether oxygens (including phenoxy) is 1. The van der Waals surface area contributed by atoms with Gasteiger partial charge in [0, 0.05) is 38.3 Å². The van der Waals surface area contributed by atoms with Crippen LogP contribution in [0.4, 0.5) is 0 Å². The van der Waals surface area contributed by atoms with Crippen molar-refractivity contribution in [1.29, 1.82) is 0 Å². The average Bonchev–Trinajstić information content (AvgIpc) is 2.45. The Morgan fingerprint density at radius 1 is 0.900 bits per heavy atom. The van der Waals surface area contributed by atoms with Gasteiger partial charge in [0.05, 0.1) is 24.7 Å². The normalized spacial score (nSPS) is 28.1. The van der Waals surface area contributed by atoms with Crippen molar-refractivity contribution in [3.05, 3.63) is 0 Å². The van der Waals surface area contributed by atoms with Crippen molar-refractivity contribution in [1.82, 2.24) is 9.80 Å². The van der Waals surface area contributed by atoms with E-state index in [0.717, 1.165) is 32.7 Å². The van der Waals surface area contributed by atoms with E-state index in [4.69, 9.17) is 4.74 Å². The zero-order chi connectivity index (χ0) is 14.6. The second kappa shape index (κ2) is 7.20. The summed E-state index contributed by atoms with van der Waals surface area (Å²) in [6.45, 7) is 9.70. The van der Waals surface area contributed by atoms with Crippen molar-refractivity contribution in [2.45, 2.75) is 38.8 Å². The molecule has 6 heteroatoms. The number of hydrogen-bond donors (Lipinski definition) is 0. The van der Waals surface area contributed by atoms with Gasteiger partial charge in [-0.3, -0.25) is 9.80 Å². The van der Waals surface area contributed by atoms with Crippen LogP contribution >= 0.6 is 0 Å². The van der Waals surface area contributed by atoms with E-state index < -0.39 is 9.84 Å². The molecule has 2 rings (SSSR count). The Morgan fingerprint density at radius 3 is 1.85 bits per heavy atom. The van der Waals surface area contributed by atoms with Crippen LogP contribution in [0.5, 0.6) is 0 Å². The second-order valence-electron chi connectivity index (χ2n) is 6.11. The molecule has 0 bridgehead atoms. The Kier molecular flexibility index (Phi) is 5.84. The topological polar surface area (TPSA) is 49.9 Å². The maximum Gasteiger partial charge on any atom is 0.152 e. The van der Waals surface area contributed by atoms with Gasteiger partial charge < -0.3 is 4.74 Å². The van der Waals surface area contributed by atoms with Gasteiger partial charge in [0.1, 0.15) is 0 Å². The number of morpholine rings is 1. The third kappa shape index (κ3) is 4.69. The summed E-state index contributed by atoms with van der Waals surface area (Å²) in [6.07, 6.45) is 2.31. The highest BCUT2D eigenvalue weighted by Gasteiger charge is 2.25. The van der Waals surface area contributed by atoms with Gasteiger partial charge in [-0.2, -0.15) is 0 Å². The van der Waals surface area contributed by atoms with Gasteiger partial charge in [0.2, 0.25) is 0 Å². The fraction of sp³-hybridized carbons (Fsp3) is 1.00. The molecule has 2 saturated heterocycles. The molecule has 5 nitrogen and oxygen atoms in total. The lowest BCUT2D eigenvalue weighted by atomic mass is 10.1. The summed E-state index contributed by atoms with van der Waals surface area (Å²) in [5, 5.41) is 0. The van der Waals surface area contributed by atoms with Crippen molar-refractivity contribution in [3.8, 4) is 0 Å². The van der Waals surface area contributed by atoms with E-state index in [1.807, 2.05) is 0 Å². The lowest BCUT2D eigenvalue weighted by Gasteiger charge is -2.35. The Balaban J connectivity index is 1.70. The molecule has 0 aliphatic carbocycles. The molecule has 0 amide bonds. The smallest absolute Gasteiger partial charge is 0.152 e. The lowest BCUT2D eigenvalue weighted by Crippen LogP contribution is -2.46. The van der Waals surface area contributed by atoms with Crippen molar-refractivity contribution < 1.29 is 13.2 Å². The maximum absolute atomic E-state index is 11.4. The minimum Gasteiger partial charge on any atom is -0.379 e. The third-order valence-corrected chi connectivity index (χ3v) is 6.28. The fourth-order valence-corrected chi connectivity index (χ4v) is 4.26. The number of hydrogen-bond acceptors (Lipinski definition) is 5. The Morgan fingerprint density at radius 2 is 1.35 bits per heavy atom. The van der Waals surface area contributed by atoms with Gasteiger partial charge in [-0.15, -0.1) is 0 Å². The highest BCUT2D eigenvalue weighted by molar-refractivity contribution is 7.91. The summed E-state index contributed by atoms with van der Waals surface area (Å²) < 4.78 is 28.3. The summed E-state index contributed by atoms with van der Waals surface area (Å²) in [5.41, 5.74) is 0. The first-order chi connectivity index (χ1) is 9.48. The number of sulfone groups is 1. The van der Waals surface area contributed by atoms with Gasteiger partial charge in [-0.05, 0) is 26.7 Å². The maximum atomic E-state index is 11.4. The lowest BCUT2D eigenvalue weighted by molar-refractivity contribution is 0.0169. The monoisotopic (exact) mass is 304 g/mol. The van der Waals surface area contributed by atoms with E-state index in [9.17, 15) is 8.42 Å². The molecular weight excluding hydrogens is 276 g/mol. The fourth-order valence-electron chi connectivity index (χ4n) is 3.03. The van der Waals surface area contributed by atoms with Crippen molar-refractivity contribution in [2.75, 3.05) is 50.9 Å². The number of rotatable bonds is 5. The molecule has 0 aromatic carbocycles. The average molecular weight is 304 g/mol. The largest absolute Gasteiger partial charge is 0.379 e. The molecule has 20 heavy (non-hydrogen) atoms. The quantitative estimate of drug-likeness (QED) is 0.745. The highest BCUT2D eigenvalue weighted by Crippen LogP contribution is 2.15. The van der Waals surface area contributed by atoms with E-state index in [0.29, 0.717) is 36.7 Å². The molecule has 2 atom stereocenters. The zero-order valence-corrected chi connectivity index (χ0v) is 13.6. The molecule has 2 fully saturated rings. The summed E-state index contributed by atoms with van der Waals surface area (Å²) in [6, 6.07) is 1.07. The molecule has 0 spiro atoms. The van der Waals surface area contributed by atoms with Gasteiger partial charge in [-0.25, -0.2) is 8.42 Å². The van der Waals surface area contributed by atoms with Crippen LogP contribution < -0.4 is 0 Å². The van der Waals surface area contributed by atoms with E-state index in [1.165, 1.54) is 6.42 Å². The molecule has 2 unspecified atom stereocenters. The van der Waals surface area contributed by atoms with Crippen molar-refractivity contribution in [2.24, 2.45) is 0 Å². The first-order valence-corrected chi connectivity index (χ1v) is 9.56. The van der Waals surface area contributed by atoms with Crippen LogP contribution in [0.3, 0.4) is 0 Å². The van der Waals surface area contributed by atoms with Crippen molar-refractivity contribution >= 4 is 9.84 Å². The van der Waals surface area contributed by atoms with Crippen LogP contribution in [0.2, 0.25) is 0 Å². The second-order valence-corrected chi connectivity index (χ2v) is 8.42. The van der Waals surface area contributed by atoms with E-state index >= 15 is 0 Å². The summed E-state index contributed by atoms with van der Waals surface area (Å²) in [4.78, 5) is 4.82. The Labute approximate surface area is 123 Å². The molecule has 2 aliphatic heterocycles. The highest BCUT2D eigenvalue weighted by atomic mass is 32.2. The minimum absolute atomic E-state index is 0.330. The molecule has 0 aromatic rings. The molecule has 0 radical (unpaired) electrons. The summed E-state index contributed by atoms with van der Waals surface area (Å²) >= 11 is 0. The first-order valence-electron chi connectivity index (χ1n) is 7.74. The van der Waals surface area contributed by atoms with Crippen LogP contribution in [0.25, 0.3) is 0 Å². The third-order valence-electron chi connectivity index (χ3n) is 4.67. The van der Waals surface area contributed by atoms with Gasteiger partial charge in [0.15, 0.2) is 9.84 Å². The molecule has 118 valence electrons. The van der Waals surface area contributed by atoms with E-state index in [1.54, 1.807) is 0 Å². The van der Waals surface area contributed by atoms with Crippen LogP contribution in [0.15, 0.2) is 0 Å². The van der Waals surface area contributed by atoms with Crippen molar-refractivity contribution in [3.63, 3.8) is 0 Å². The first kappa shape index (κ1) is 16.2. The zero-order valence-electron chi connectivity index (χ0n) is 12.8. The summed E-state index contributed by atoms with van der Waals surface area (Å²) in [7, 11) is -2.76.